The minimum Gasteiger partial charge on any atom is -0.389 e. The van der Waals surface area contributed by atoms with Crippen LogP contribution in [0.15, 0.2) is 29.1 Å². The molecule has 0 aliphatic carbocycles. The fourth-order valence-corrected chi connectivity index (χ4v) is 2.90. The minimum atomic E-state index is -0.651. The van der Waals surface area contributed by atoms with E-state index in [2.05, 4.69) is 5.32 Å². The number of imide groups is 1. The highest BCUT2D eigenvalue weighted by atomic mass is 35.5. The van der Waals surface area contributed by atoms with Crippen molar-refractivity contribution in [2.45, 2.75) is 0 Å². The van der Waals surface area contributed by atoms with Crippen molar-refractivity contribution in [3.63, 3.8) is 0 Å². The molecule has 23 heavy (non-hydrogen) atoms. The van der Waals surface area contributed by atoms with E-state index >= 15 is 0 Å². The van der Waals surface area contributed by atoms with Crippen LogP contribution in [0.2, 0.25) is 5.02 Å². The van der Waals surface area contributed by atoms with E-state index in [4.69, 9.17) is 35.3 Å². The molecule has 1 aromatic heterocycles. The highest BCUT2D eigenvalue weighted by Crippen LogP contribution is 2.25. The summed E-state index contributed by atoms with van der Waals surface area (Å²) >= 11 is 11.0. The highest BCUT2D eigenvalue weighted by molar-refractivity contribution is 7.80. The average Bonchev–Trinajstić information content (AvgIpc) is 2.73. The molecule has 3 rings (SSSR count). The van der Waals surface area contributed by atoms with Gasteiger partial charge in [-0.2, -0.15) is 0 Å². The number of thiocarbonyl (C=S) groups is 1. The third-order valence-electron chi connectivity index (χ3n) is 3.43. The molecule has 0 spiro atoms. The van der Waals surface area contributed by atoms with Gasteiger partial charge in [-0.05, 0) is 18.2 Å². The molecule has 5 N–H and O–H groups in total. The van der Waals surface area contributed by atoms with Gasteiger partial charge < -0.3 is 11.5 Å². The third kappa shape index (κ3) is 2.28. The number of hydrogen-bond acceptors (Lipinski definition) is 5. The van der Waals surface area contributed by atoms with Crippen LogP contribution in [-0.2, 0) is 0 Å². The summed E-state index contributed by atoms with van der Waals surface area (Å²) in [6.07, 6.45) is 0. The van der Waals surface area contributed by atoms with Gasteiger partial charge in [0.05, 0.1) is 21.8 Å². The number of nitrogens with one attached hydrogen (secondary N) is 1. The number of rotatable bonds is 2. The molecule has 1 aromatic carbocycles. The van der Waals surface area contributed by atoms with E-state index in [9.17, 15) is 14.4 Å². The molecule has 0 saturated heterocycles. The number of nitrogen functional groups attached to an aromatic ring is 1. The number of nitrogens with zero attached hydrogens (tertiary/aromatic N) is 1. The first-order valence-corrected chi connectivity index (χ1v) is 7.11. The Morgan fingerprint density at radius 2 is 1.87 bits per heavy atom. The lowest BCUT2D eigenvalue weighted by molar-refractivity contribution is 0.0880. The summed E-state index contributed by atoms with van der Waals surface area (Å²) in [5.74, 6) is -1.44. The van der Waals surface area contributed by atoms with Crippen LogP contribution in [0.1, 0.15) is 26.3 Å². The second kappa shape index (κ2) is 5.18. The fraction of sp³-hybridized carbons (Fsp3) is 0. The number of fused-ring (bicyclic) bond motifs is 1. The molecule has 0 atom stereocenters. The van der Waals surface area contributed by atoms with Gasteiger partial charge in [-0.15, -0.1) is 0 Å². The Morgan fingerprint density at radius 1 is 1.17 bits per heavy atom. The molecule has 0 saturated carbocycles. The normalized spacial score (nSPS) is 12.9. The van der Waals surface area contributed by atoms with E-state index in [1.54, 1.807) is 12.1 Å². The number of hydrogen-bond donors (Lipinski definition) is 3. The minimum absolute atomic E-state index is 0.0378. The van der Waals surface area contributed by atoms with Crippen LogP contribution in [0.4, 0.5) is 5.82 Å². The van der Waals surface area contributed by atoms with Gasteiger partial charge in [0.2, 0.25) is 0 Å². The number of aromatic nitrogens is 1. The Bertz CT molecular complexity index is 967. The van der Waals surface area contributed by atoms with Gasteiger partial charge in [0, 0.05) is 11.6 Å². The van der Waals surface area contributed by atoms with Crippen molar-refractivity contribution in [2.75, 3.05) is 5.73 Å². The summed E-state index contributed by atoms with van der Waals surface area (Å²) in [5, 5.41) is 2.33. The van der Waals surface area contributed by atoms with Crippen LogP contribution < -0.4 is 22.3 Å². The molecule has 0 bridgehead atoms. The van der Waals surface area contributed by atoms with Crippen molar-refractivity contribution in [3.05, 3.63) is 56.3 Å². The van der Waals surface area contributed by atoms with E-state index in [1.165, 1.54) is 6.07 Å². The molecule has 2 heterocycles. The summed E-state index contributed by atoms with van der Waals surface area (Å²) in [5.41, 5.74) is 11.6. The third-order valence-corrected chi connectivity index (χ3v) is 3.96. The van der Waals surface area contributed by atoms with Gasteiger partial charge >= 0.3 is 0 Å². The molecule has 1 aliphatic heterocycles. The van der Waals surface area contributed by atoms with Gasteiger partial charge in [-0.1, -0.05) is 23.8 Å². The van der Waals surface area contributed by atoms with Crippen LogP contribution in [0.5, 0.6) is 0 Å². The van der Waals surface area contributed by atoms with Crippen molar-refractivity contribution in [3.8, 4) is 5.69 Å². The molecule has 1 aliphatic rings. The van der Waals surface area contributed by atoms with Crippen molar-refractivity contribution >= 4 is 46.4 Å². The maximum absolute atomic E-state index is 12.3. The lowest BCUT2D eigenvalue weighted by Crippen LogP contribution is -2.24. The summed E-state index contributed by atoms with van der Waals surface area (Å²) in [6.45, 7) is 0. The van der Waals surface area contributed by atoms with Crippen LogP contribution in [0.3, 0.4) is 0 Å². The highest BCUT2D eigenvalue weighted by Gasteiger charge is 2.31. The van der Waals surface area contributed by atoms with Crippen LogP contribution in [-0.4, -0.2) is 21.4 Å². The molecule has 116 valence electrons. The lowest BCUT2D eigenvalue weighted by atomic mass is 10.1. The predicted octanol–water partition coefficient (Wildman–Crippen LogP) is 0.591. The second-order valence-electron chi connectivity index (χ2n) is 4.80. The maximum atomic E-state index is 12.3. The smallest absolute Gasteiger partial charge is 0.262 e. The molecule has 2 aromatic rings. The monoisotopic (exact) mass is 348 g/mol. The van der Waals surface area contributed by atoms with Crippen LogP contribution in [0.25, 0.3) is 5.69 Å². The molecule has 9 heteroatoms. The number of amides is 2. The van der Waals surface area contributed by atoms with Gasteiger partial charge in [0.1, 0.15) is 10.8 Å². The Balaban J connectivity index is 2.27. The zero-order valence-electron chi connectivity index (χ0n) is 11.4. The number of carbonyl (C=O) groups excluding carboxylic acids is 2. The summed E-state index contributed by atoms with van der Waals surface area (Å²) < 4.78 is 1.09. The SMILES string of the molecule is NC(=S)c1ccc(-n2c(N)c3c(cc2=O)C(=O)NC3=O)cc1Cl. The Hall–Kier alpha value is -2.71. The zero-order chi connectivity index (χ0) is 16.9. The Morgan fingerprint density at radius 3 is 2.48 bits per heavy atom. The van der Waals surface area contributed by atoms with Crippen LogP contribution in [0, 0.1) is 0 Å². The molecular formula is C14H9ClN4O3S. The molecule has 0 unspecified atom stereocenters. The largest absolute Gasteiger partial charge is 0.389 e. The maximum Gasteiger partial charge on any atom is 0.262 e. The van der Waals surface area contributed by atoms with E-state index in [0.29, 0.717) is 11.3 Å². The van der Waals surface area contributed by atoms with Crippen LogP contribution >= 0.6 is 23.8 Å². The van der Waals surface area contributed by atoms with Crippen molar-refractivity contribution in [2.24, 2.45) is 5.73 Å². The second-order valence-corrected chi connectivity index (χ2v) is 5.65. The topological polar surface area (TPSA) is 120 Å². The van der Waals surface area contributed by atoms with E-state index in [-0.39, 0.29) is 27.0 Å². The zero-order valence-corrected chi connectivity index (χ0v) is 13.0. The Labute approximate surface area is 139 Å². The van der Waals surface area contributed by atoms with Crippen molar-refractivity contribution in [1.82, 2.24) is 9.88 Å². The summed E-state index contributed by atoms with van der Waals surface area (Å²) in [4.78, 5) is 35.8. The number of pyridine rings is 1. The number of halogens is 1. The fourth-order valence-electron chi connectivity index (χ4n) is 2.39. The molecular weight excluding hydrogens is 340 g/mol. The molecule has 2 amide bonds. The van der Waals surface area contributed by atoms with E-state index in [0.717, 1.165) is 10.6 Å². The summed E-state index contributed by atoms with van der Waals surface area (Å²) in [7, 11) is 0. The number of benzene rings is 1. The summed E-state index contributed by atoms with van der Waals surface area (Å²) in [6, 6.07) is 5.60. The van der Waals surface area contributed by atoms with Gasteiger partial charge in [-0.3, -0.25) is 24.3 Å². The quantitative estimate of drug-likeness (QED) is 0.539. The van der Waals surface area contributed by atoms with E-state index in [1.807, 2.05) is 0 Å². The van der Waals surface area contributed by atoms with E-state index < -0.39 is 17.4 Å². The first-order chi connectivity index (χ1) is 10.8. The standard InChI is InChI=1S/C14H9ClN4O3S/c15-8-3-5(1-2-6(8)12(17)23)19-9(20)4-7-10(11(19)16)14(22)18-13(7)21/h1-4H,16H2,(H2,17,23)(H,18,21,22). The van der Waals surface area contributed by atoms with Gasteiger partial charge in [0.25, 0.3) is 17.4 Å². The predicted molar refractivity (Wildman–Crippen MR) is 89.1 cm³/mol. The molecule has 0 radical (unpaired) electrons. The number of carbonyl (C=O) groups is 2. The molecule has 0 fully saturated rings. The van der Waals surface area contributed by atoms with Crippen molar-refractivity contribution < 1.29 is 9.59 Å². The molecule has 7 nitrogen and oxygen atoms in total. The first-order valence-electron chi connectivity index (χ1n) is 6.32. The lowest BCUT2D eigenvalue weighted by Gasteiger charge is -2.13. The first kappa shape index (κ1) is 15.2. The number of nitrogens with two attached hydrogens (primary N) is 2. The Kier molecular flexibility index (Phi) is 3.42. The number of anilines is 1. The average molecular weight is 349 g/mol. The van der Waals surface area contributed by atoms with Gasteiger partial charge in [0.15, 0.2) is 0 Å². The van der Waals surface area contributed by atoms with Crippen molar-refractivity contribution in [1.29, 1.82) is 0 Å². The van der Waals surface area contributed by atoms with Gasteiger partial charge in [-0.25, -0.2) is 0 Å².